The van der Waals surface area contributed by atoms with E-state index in [4.69, 9.17) is 0 Å². The summed E-state index contributed by atoms with van der Waals surface area (Å²) in [5, 5.41) is 3.67. The Morgan fingerprint density at radius 1 is 1.20 bits per heavy atom. The highest BCUT2D eigenvalue weighted by Gasteiger charge is 2.13. The Morgan fingerprint density at radius 3 is 2.65 bits per heavy atom. The maximum Gasteiger partial charge on any atom is 0.0375 e. The van der Waals surface area contributed by atoms with Gasteiger partial charge in [-0.2, -0.15) is 0 Å². The topological polar surface area (TPSA) is 24.9 Å². The molecule has 3 heteroatoms. The fraction of sp³-hybridized carbons (Fsp3) is 0.471. The lowest BCUT2D eigenvalue weighted by molar-refractivity contribution is 0.531. The summed E-state index contributed by atoms with van der Waals surface area (Å²) >= 11 is 1.94. The second-order valence-electron chi connectivity index (χ2n) is 5.16. The molecule has 0 aliphatic carbocycles. The van der Waals surface area contributed by atoms with Crippen LogP contribution in [0, 0.1) is 6.92 Å². The van der Waals surface area contributed by atoms with Crippen molar-refractivity contribution in [3.63, 3.8) is 0 Å². The highest BCUT2D eigenvalue weighted by molar-refractivity contribution is 7.11. The first kappa shape index (κ1) is 15.2. The van der Waals surface area contributed by atoms with Crippen LogP contribution in [0.5, 0.6) is 0 Å². The summed E-state index contributed by atoms with van der Waals surface area (Å²) < 4.78 is 0. The highest BCUT2D eigenvalue weighted by Crippen LogP contribution is 2.24. The van der Waals surface area contributed by atoms with E-state index >= 15 is 0 Å². The fourth-order valence-electron chi connectivity index (χ4n) is 2.33. The summed E-state index contributed by atoms with van der Waals surface area (Å²) in [4.78, 5) is 7.24. The zero-order chi connectivity index (χ0) is 14.4. The van der Waals surface area contributed by atoms with Gasteiger partial charge in [-0.05, 0) is 56.1 Å². The number of thiophene rings is 1. The molecule has 2 rings (SSSR count). The van der Waals surface area contributed by atoms with Gasteiger partial charge in [0.05, 0.1) is 0 Å². The van der Waals surface area contributed by atoms with E-state index in [0.717, 1.165) is 31.5 Å². The Labute approximate surface area is 126 Å². The molecule has 0 aromatic carbocycles. The van der Waals surface area contributed by atoms with Crippen molar-refractivity contribution in [2.24, 2.45) is 0 Å². The summed E-state index contributed by atoms with van der Waals surface area (Å²) in [6.07, 6.45) is 5.27. The van der Waals surface area contributed by atoms with Gasteiger partial charge in [-0.25, -0.2) is 0 Å². The number of nitrogens with one attached hydrogen (secondary N) is 1. The average Bonchev–Trinajstić information content (AvgIpc) is 2.91. The Bertz CT molecular complexity index is 533. The number of rotatable bonds is 7. The van der Waals surface area contributed by atoms with E-state index in [1.807, 2.05) is 17.5 Å². The quantitative estimate of drug-likeness (QED) is 0.821. The molecule has 1 N–H and O–H groups in total. The summed E-state index contributed by atoms with van der Waals surface area (Å²) in [5.41, 5.74) is 2.43. The third kappa shape index (κ3) is 4.15. The summed E-state index contributed by atoms with van der Waals surface area (Å²) in [7, 11) is 0. The Kier molecular flexibility index (Phi) is 5.74. The van der Waals surface area contributed by atoms with Crippen LogP contribution < -0.4 is 5.32 Å². The molecule has 0 aliphatic rings. The smallest absolute Gasteiger partial charge is 0.0375 e. The Balaban J connectivity index is 2.14. The van der Waals surface area contributed by atoms with Gasteiger partial charge in [-0.3, -0.25) is 4.98 Å². The molecule has 2 aromatic rings. The largest absolute Gasteiger partial charge is 0.310 e. The molecular formula is C17H24N2S. The third-order valence-electron chi connectivity index (χ3n) is 3.43. The van der Waals surface area contributed by atoms with Crippen LogP contribution in [-0.4, -0.2) is 11.5 Å². The highest BCUT2D eigenvalue weighted by atomic mass is 32.1. The molecule has 0 saturated carbocycles. The number of hydrogen-bond donors (Lipinski definition) is 1. The van der Waals surface area contributed by atoms with Crippen molar-refractivity contribution in [3.05, 3.63) is 51.5 Å². The molecular weight excluding hydrogens is 264 g/mol. The second-order valence-corrected chi connectivity index (χ2v) is 6.42. The van der Waals surface area contributed by atoms with E-state index < -0.39 is 0 Å². The van der Waals surface area contributed by atoms with Crippen molar-refractivity contribution >= 4 is 11.3 Å². The number of hydrogen-bond acceptors (Lipinski definition) is 3. The molecule has 108 valence electrons. The molecule has 0 fully saturated rings. The van der Waals surface area contributed by atoms with Gasteiger partial charge in [0.1, 0.15) is 0 Å². The zero-order valence-corrected chi connectivity index (χ0v) is 13.5. The van der Waals surface area contributed by atoms with Crippen LogP contribution in [0.3, 0.4) is 0 Å². The predicted octanol–water partition coefficient (Wildman–Crippen LogP) is 4.30. The van der Waals surface area contributed by atoms with Crippen molar-refractivity contribution < 1.29 is 0 Å². The number of aromatic nitrogens is 1. The normalized spacial score (nSPS) is 12.6. The minimum absolute atomic E-state index is 0.389. The van der Waals surface area contributed by atoms with Crippen LogP contribution >= 0.6 is 11.3 Å². The second kappa shape index (κ2) is 7.55. The lowest BCUT2D eigenvalue weighted by Gasteiger charge is -2.18. The zero-order valence-electron chi connectivity index (χ0n) is 12.6. The maximum absolute atomic E-state index is 4.30. The van der Waals surface area contributed by atoms with Crippen LogP contribution in [0.4, 0.5) is 0 Å². The lowest BCUT2D eigenvalue weighted by Crippen LogP contribution is -2.24. The van der Waals surface area contributed by atoms with Crippen molar-refractivity contribution in [1.82, 2.24) is 10.3 Å². The van der Waals surface area contributed by atoms with Gasteiger partial charge in [0.2, 0.25) is 0 Å². The van der Waals surface area contributed by atoms with Crippen LogP contribution in [0.1, 0.15) is 47.3 Å². The van der Waals surface area contributed by atoms with E-state index in [-0.39, 0.29) is 0 Å². The molecule has 20 heavy (non-hydrogen) atoms. The number of pyridine rings is 1. The first-order valence-electron chi connectivity index (χ1n) is 7.46. The molecule has 0 radical (unpaired) electrons. The minimum Gasteiger partial charge on any atom is -0.310 e. The van der Waals surface area contributed by atoms with Crippen LogP contribution in [0.15, 0.2) is 30.5 Å². The van der Waals surface area contributed by atoms with Gasteiger partial charge in [0, 0.05) is 34.1 Å². The van der Waals surface area contributed by atoms with Crippen LogP contribution in [-0.2, 0) is 12.8 Å². The van der Waals surface area contributed by atoms with Gasteiger partial charge in [0.15, 0.2) is 0 Å². The van der Waals surface area contributed by atoms with Crippen molar-refractivity contribution in [2.75, 3.05) is 6.54 Å². The van der Waals surface area contributed by atoms with E-state index in [1.54, 1.807) is 0 Å². The van der Waals surface area contributed by atoms with Crippen molar-refractivity contribution in [1.29, 1.82) is 0 Å². The van der Waals surface area contributed by atoms with E-state index in [2.05, 4.69) is 55.3 Å². The molecule has 0 aliphatic heterocycles. The monoisotopic (exact) mass is 288 g/mol. The molecule has 1 atom stereocenters. The standard InChI is InChI=1S/C17H24N2S/c1-4-9-19-17(14-8-10-18-13(3)11-14)12-16-7-6-15(5-2)20-16/h6-8,10-11,17,19H,4-5,9,12H2,1-3H3. The van der Waals surface area contributed by atoms with Crippen molar-refractivity contribution in [2.45, 2.75) is 46.1 Å². The Hall–Kier alpha value is -1.19. The van der Waals surface area contributed by atoms with Crippen LogP contribution in [0.2, 0.25) is 0 Å². The molecule has 1 unspecified atom stereocenters. The summed E-state index contributed by atoms with van der Waals surface area (Å²) in [6, 6.07) is 9.25. The molecule has 0 bridgehead atoms. The molecule has 0 saturated heterocycles. The van der Waals surface area contributed by atoms with Crippen molar-refractivity contribution in [3.8, 4) is 0 Å². The number of aryl methyl sites for hydroxylation is 2. The SMILES string of the molecule is CCCNC(Cc1ccc(CC)s1)c1ccnc(C)c1. The molecule has 0 amide bonds. The predicted molar refractivity (Wildman–Crippen MR) is 87.4 cm³/mol. The van der Waals surface area contributed by atoms with E-state index in [1.165, 1.54) is 15.3 Å². The fourth-order valence-corrected chi connectivity index (χ4v) is 3.34. The van der Waals surface area contributed by atoms with E-state index in [0.29, 0.717) is 6.04 Å². The molecule has 2 nitrogen and oxygen atoms in total. The number of nitrogens with zero attached hydrogens (tertiary/aromatic N) is 1. The molecule has 2 aromatic heterocycles. The van der Waals surface area contributed by atoms with Gasteiger partial charge in [-0.15, -0.1) is 11.3 Å². The maximum atomic E-state index is 4.30. The van der Waals surface area contributed by atoms with Gasteiger partial charge >= 0.3 is 0 Å². The first-order chi connectivity index (χ1) is 9.72. The average molecular weight is 288 g/mol. The first-order valence-corrected chi connectivity index (χ1v) is 8.28. The van der Waals surface area contributed by atoms with Crippen LogP contribution in [0.25, 0.3) is 0 Å². The summed E-state index contributed by atoms with van der Waals surface area (Å²) in [6.45, 7) is 7.54. The minimum atomic E-state index is 0.389. The molecule has 0 spiro atoms. The summed E-state index contributed by atoms with van der Waals surface area (Å²) in [5.74, 6) is 0. The Morgan fingerprint density at radius 2 is 2.00 bits per heavy atom. The van der Waals surface area contributed by atoms with Gasteiger partial charge in [-0.1, -0.05) is 13.8 Å². The van der Waals surface area contributed by atoms with E-state index in [9.17, 15) is 0 Å². The lowest BCUT2D eigenvalue weighted by atomic mass is 10.0. The molecule has 2 heterocycles. The van der Waals surface area contributed by atoms with Gasteiger partial charge < -0.3 is 5.32 Å². The third-order valence-corrected chi connectivity index (χ3v) is 4.69. The van der Waals surface area contributed by atoms with Gasteiger partial charge in [0.25, 0.3) is 0 Å².